The summed E-state index contributed by atoms with van der Waals surface area (Å²) in [5, 5.41) is 6.07. The number of aromatic nitrogens is 1. The summed E-state index contributed by atoms with van der Waals surface area (Å²) in [6.45, 7) is 0. The van der Waals surface area contributed by atoms with Gasteiger partial charge in [0.15, 0.2) is 0 Å². The zero-order chi connectivity index (χ0) is 16.1. The van der Waals surface area contributed by atoms with E-state index in [1.54, 1.807) is 18.5 Å². The van der Waals surface area contributed by atoms with Crippen LogP contribution >= 0.6 is 15.9 Å². The number of hydrogen-bond donors (Lipinski definition) is 2. The maximum absolute atomic E-state index is 12.3. The number of hydrogen-bond acceptors (Lipinski definition) is 3. The summed E-state index contributed by atoms with van der Waals surface area (Å²) in [6.07, 6.45) is 3.23. The second-order valence-corrected chi connectivity index (χ2v) is 5.83. The smallest absolute Gasteiger partial charge is 0.257 e. The number of pyridine rings is 1. The molecule has 4 nitrogen and oxygen atoms in total. The number of benzene rings is 2. The lowest BCUT2D eigenvalue weighted by atomic mass is 10.2. The average Bonchev–Trinajstić information content (AvgIpc) is 2.58. The SMILES string of the molecule is O=C(Nc1ccccc1)c1cncc(Nc2ccc(Br)cc2)c1. The predicted octanol–water partition coefficient (Wildman–Crippen LogP) is 4.84. The van der Waals surface area contributed by atoms with Crippen molar-refractivity contribution in [3.63, 3.8) is 0 Å². The van der Waals surface area contributed by atoms with Crippen molar-refractivity contribution in [3.05, 3.63) is 83.1 Å². The van der Waals surface area contributed by atoms with Crippen LogP contribution in [0, 0.1) is 0 Å². The van der Waals surface area contributed by atoms with Crippen LogP contribution in [0.3, 0.4) is 0 Å². The van der Waals surface area contributed by atoms with Gasteiger partial charge in [-0.15, -0.1) is 0 Å². The number of nitrogens with one attached hydrogen (secondary N) is 2. The topological polar surface area (TPSA) is 54.0 Å². The highest BCUT2D eigenvalue weighted by molar-refractivity contribution is 9.10. The Morgan fingerprint density at radius 3 is 2.35 bits per heavy atom. The van der Waals surface area contributed by atoms with E-state index >= 15 is 0 Å². The molecule has 0 fully saturated rings. The maximum Gasteiger partial charge on any atom is 0.257 e. The van der Waals surface area contributed by atoms with E-state index in [0.29, 0.717) is 5.56 Å². The predicted molar refractivity (Wildman–Crippen MR) is 96.1 cm³/mol. The molecule has 5 heteroatoms. The molecule has 0 spiro atoms. The van der Waals surface area contributed by atoms with E-state index < -0.39 is 0 Å². The fourth-order valence-electron chi connectivity index (χ4n) is 2.06. The van der Waals surface area contributed by atoms with Gasteiger partial charge < -0.3 is 10.6 Å². The third kappa shape index (κ3) is 4.17. The van der Waals surface area contributed by atoms with Gasteiger partial charge in [-0.2, -0.15) is 0 Å². The van der Waals surface area contributed by atoms with Crippen molar-refractivity contribution in [1.29, 1.82) is 0 Å². The summed E-state index contributed by atoms with van der Waals surface area (Å²) in [4.78, 5) is 16.4. The molecule has 0 unspecified atom stereocenters. The summed E-state index contributed by atoms with van der Waals surface area (Å²) >= 11 is 3.40. The molecule has 3 aromatic rings. The lowest BCUT2D eigenvalue weighted by Crippen LogP contribution is -2.12. The van der Waals surface area contributed by atoms with Crippen LogP contribution in [0.1, 0.15) is 10.4 Å². The first-order valence-electron chi connectivity index (χ1n) is 7.05. The van der Waals surface area contributed by atoms with E-state index in [4.69, 9.17) is 0 Å². The average molecular weight is 368 g/mol. The molecule has 1 amide bonds. The molecular weight excluding hydrogens is 354 g/mol. The number of para-hydroxylation sites is 1. The summed E-state index contributed by atoms with van der Waals surface area (Å²) in [5.41, 5.74) is 2.93. The van der Waals surface area contributed by atoms with Crippen molar-refractivity contribution in [2.45, 2.75) is 0 Å². The van der Waals surface area contributed by atoms with Gasteiger partial charge in [0.1, 0.15) is 0 Å². The third-order valence-corrected chi connectivity index (χ3v) is 3.69. The molecule has 0 atom stereocenters. The molecule has 3 rings (SSSR count). The van der Waals surface area contributed by atoms with Crippen molar-refractivity contribution in [2.75, 3.05) is 10.6 Å². The Labute approximate surface area is 142 Å². The molecule has 0 aliphatic heterocycles. The molecule has 2 N–H and O–H groups in total. The van der Waals surface area contributed by atoms with E-state index in [-0.39, 0.29) is 5.91 Å². The van der Waals surface area contributed by atoms with Gasteiger partial charge in [0, 0.05) is 22.0 Å². The number of halogens is 1. The minimum absolute atomic E-state index is 0.192. The molecule has 1 aromatic heterocycles. The minimum Gasteiger partial charge on any atom is -0.354 e. The molecule has 0 aliphatic carbocycles. The highest BCUT2D eigenvalue weighted by Crippen LogP contribution is 2.19. The van der Waals surface area contributed by atoms with Crippen LogP contribution in [0.15, 0.2) is 77.5 Å². The monoisotopic (exact) mass is 367 g/mol. The molecule has 1 heterocycles. The summed E-state index contributed by atoms with van der Waals surface area (Å²) < 4.78 is 1.01. The second kappa shape index (κ2) is 7.07. The zero-order valence-electron chi connectivity index (χ0n) is 12.2. The standard InChI is InChI=1S/C18H14BrN3O/c19-14-6-8-16(9-7-14)21-17-10-13(11-20-12-17)18(23)22-15-4-2-1-3-5-15/h1-12,21H,(H,22,23). The van der Waals surface area contributed by atoms with Gasteiger partial charge in [-0.3, -0.25) is 9.78 Å². The van der Waals surface area contributed by atoms with Crippen LogP contribution < -0.4 is 10.6 Å². The van der Waals surface area contributed by atoms with Gasteiger partial charge in [-0.1, -0.05) is 34.1 Å². The molecule has 0 saturated heterocycles. The van der Waals surface area contributed by atoms with Crippen LogP contribution in [-0.2, 0) is 0 Å². The number of carbonyl (C=O) groups is 1. The number of rotatable bonds is 4. The van der Waals surface area contributed by atoms with Gasteiger partial charge >= 0.3 is 0 Å². The molecule has 23 heavy (non-hydrogen) atoms. The molecule has 0 saturated carbocycles. The van der Waals surface area contributed by atoms with E-state index in [9.17, 15) is 4.79 Å². The number of carbonyl (C=O) groups excluding carboxylic acids is 1. The van der Waals surface area contributed by atoms with E-state index in [1.165, 1.54) is 0 Å². The van der Waals surface area contributed by atoms with Crippen LogP contribution in [0.5, 0.6) is 0 Å². The molecule has 2 aromatic carbocycles. The highest BCUT2D eigenvalue weighted by atomic mass is 79.9. The Hall–Kier alpha value is -2.66. The van der Waals surface area contributed by atoms with Crippen LogP contribution in [0.25, 0.3) is 0 Å². The number of amides is 1. The first-order chi connectivity index (χ1) is 11.2. The van der Waals surface area contributed by atoms with Gasteiger partial charge in [-0.05, 0) is 42.5 Å². The second-order valence-electron chi connectivity index (χ2n) is 4.91. The number of nitrogens with zero attached hydrogens (tertiary/aromatic N) is 1. The number of anilines is 3. The lowest BCUT2D eigenvalue weighted by Gasteiger charge is -2.09. The van der Waals surface area contributed by atoms with Crippen LogP contribution in [0.4, 0.5) is 17.1 Å². The Bertz CT molecular complexity index is 804. The molecular formula is C18H14BrN3O. The first-order valence-corrected chi connectivity index (χ1v) is 7.84. The summed E-state index contributed by atoms with van der Waals surface area (Å²) in [7, 11) is 0. The zero-order valence-corrected chi connectivity index (χ0v) is 13.7. The molecule has 0 radical (unpaired) electrons. The van der Waals surface area contributed by atoms with E-state index in [1.807, 2.05) is 54.6 Å². The third-order valence-electron chi connectivity index (χ3n) is 3.16. The van der Waals surface area contributed by atoms with E-state index in [2.05, 4.69) is 31.5 Å². The van der Waals surface area contributed by atoms with Crippen LogP contribution in [-0.4, -0.2) is 10.9 Å². The Kier molecular flexibility index (Phi) is 4.68. The Balaban J connectivity index is 1.74. The Morgan fingerprint density at radius 2 is 1.61 bits per heavy atom. The van der Waals surface area contributed by atoms with E-state index in [0.717, 1.165) is 21.5 Å². The lowest BCUT2D eigenvalue weighted by molar-refractivity contribution is 0.102. The van der Waals surface area contributed by atoms with Crippen molar-refractivity contribution < 1.29 is 4.79 Å². The fourth-order valence-corrected chi connectivity index (χ4v) is 2.32. The molecule has 0 bridgehead atoms. The summed E-state index contributed by atoms with van der Waals surface area (Å²) in [6, 6.07) is 18.9. The van der Waals surface area contributed by atoms with Crippen molar-refractivity contribution in [2.24, 2.45) is 0 Å². The van der Waals surface area contributed by atoms with Gasteiger partial charge in [0.2, 0.25) is 0 Å². The van der Waals surface area contributed by atoms with Crippen molar-refractivity contribution in [3.8, 4) is 0 Å². The minimum atomic E-state index is -0.192. The quantitative estimate of drug-likeness (QED) is 0.693. The maximum atomic E-state index is 12.3. The van der Waals surface area contributed by atoms with Gasteiger partial charge in [0.25, 0.3) is 5.91 Å². The molecule has 114 valence electrons. The van der Waals surface area contributed by atoms with Gasteiger partial charge in [-0.25, -0.2) is 0 Å². The molecule has 0 aliphatic rings. The Morgan fingerprint density at radius 1 is 0.870 bits per heavy atom. The highest BCUT2D eigenvalue weighted by Gasteiger charge is 2.07. The first kappa shape index (κ1) is 15.2. The normalized spacial score (nSPS) is 10.1. The van der Waals surface area contributed by atoms with Crippen molar-refractivity contribution in [1.82, 2.24) is 4.98 Å². The summed E-state index contributed by atoms with van der Waals surface area (Å²) in [5.74, 6) is -0.192. The van der Waals surface area contributed by atoms with Crippen LogP contribution in [0.2, 0.25) is 0 Å². The van der Waals surface area contributed by atoms with Crippen molar-refractivity contribution >= 4 is 38.9 Å². The van der Waals surface area contributed by atoms with Gasteiger partial charge in [0.05, 0.1) is 17.4 Å². The fraction of sp³-hybridized carbons (Fsp3) is 0. The largest absolute Gasteiger partial charge is 0.354 e.